The van der Waals surface area contributed by atoms with Crippen LogP contribution in [0.5, 0.6) is 17.4 Å². The second-order valence-corrected chi connectivity index (χ2v) is 8.94. The average molecular weight is 515 g/mol. The van der Waals surface area contributed by atoms with E-state index in [1.165, 1.54) is 31.4 Å². The predicted octanol–water partition coefficient (Wildman–Crippen LogP) is 4.41. The van der Waals surface area contributed by atoms with Crippen LogP contribution >= 0.6 is 0 Å². The molecule has 0 unspecified atom stereocenters. The number of sulfonamides is 1. The van der Waals surface area contributed by atoms with Gasteiger partial charge in [0, 0.05) is 17.1 Å². The van der Waals surface area contributed by atoms with Crippen molar-refractivity contribution >= 4 is 32.5 Å². The first-order valence-electron chi connectivity index (χ1n) is 10.3. The van der Waals surface area contributed by atoms with E-state index in [9.17, 15) is 22.0 Å². The lowest BCUT2D eigenvalue weighted by atomic mass is 10.1. The van der Waals surface area contributed by atoms with E-state index in [4.69, 9.17) is 9.47 Å². The van der Waals surface area contributed by atoms with Crippen LogP contribution in [0.15, 0.2) is 71.6 Å². The van der Waals surface area contributed by atoms with Crippen molar-refractivity contribution in [2.45, 2.75) is 4.90 Å². The summed E-state index contributed by atoms with van der Waals surface area (Å²) in [6.45, 7) is 0. The molecule has 4 rings (SSSR count). The predicted molar refractivity (Wildman–Crippen MR) is 126 cm³/mol. The quantitative estimate of drug-likeness (QED) is 0.334. The van der Waals surface area contributed by atoms with Gasteiger partial charge < -0.3 is 14.8 Å². The van der Waals surface area contributed by atoms with Gasteiger partial charge in [0.2, 0.25) is 5.88 Å². The third-order valence-corrected chi connectivity index (χ3v) is 6.25. The smallest absolute Gasteiger partial charge is 0.265 e. The third kappa shape index (κ3) is 5.25. The van der Waals surface area contributed by atoms with Crippen LogP contribution in [0, 0.1) is 11.6 Å². The summed E-state index contributed by atoms with van der Waals surface area (Å²) < 4.78 is 63.6. The molecule has 186 valence electrons. The molecule has 1 heterocycles. The Balaban J connectivity index is 1.69. The Bertz CT molecular complexity index is 1560. The van der Waals surface area contributed by atoms with Crippen molar-refractivity contribution in [3.8, 4) is 17.4 Å². The molecule has 0 saturated heterocycles. The van der Waals surface area contributed by atoms with Crippen molar-refractivity contribution in [1.82, 2.24) is 9.87 Å². The van der Waals surface area contributed by atoms with Gasteiger partial charge >= 0.3 is 0 Å². The van der Waals surface area contributed by atoms with Gasteiger partial charge in [0.25, 0.3) is 15.9 Å². The van der Waals surface area contributed by atoms with E-state index in [-0.39, 0.29) is 28.6 Å². The molecule has 0 fully saturated rings. The van der Waals surface area contributed by atoms with Crippen LogP contribution in [0.2, 0.25) is 0 Å². The van der Waals surface area contributed by atoms with Crippen LogP contribution in [0.3, 0.4) is 0 Å². The van der Waals surface area contributed by atoms with E-state index in [2.05, 4.69) is 15.1 Å². The summed E-state index contributed by atoms with van der Waals surface area (Å²) in [5.41, 5.74) is 0.384. The Kier molecular flexibility index (Phi) is 7.10. The summed E-state index contributed by atoms with van der Waals surface area (Å²) in [6.07, 6.45) is 0. The largest absolute Gasteiger partial charge is 0.497 e. The highest BCUT2D eigenvalue weighted by atomic mass is 32.2. The number of carbonyl (C=O) groups is 1. The summed E-state index contributed by atoms with van der Waals surface area (Å²) in [5, 5.41) is 3.07. The monoisotopic (exact) mass is 515 g/mol. The maximum atomic E-state index is 14.5. The zero-order valence-corrected chi connectivity index (χ0v) is 19.7. The molecule has 36 heavy (non-hydrogen) atoms. The number of halogens is 2. The number of aromatic nitrogens is 1. The molecule has 0 aliphatic heterocycles. The lowest BCUT2D eigenvalue weighted by Crippen LogP contribution is -2.23. The van der Waals surface area contributed by atoms with Crippen molar-refractivity contribution in [3.63, 3.8) is 0 Å². The average Bonchev–Trinajstić information content (AvgIpc) is 2.84. The molecule has 0 aliphatic carbocycles. The van der Waals surface area contributed by atoms with E-state index in [1.807, 2.05) is 0 Å². The molecule has 4 aromatic rings. The van der Waals surface area contributed by atoms with Gasteiger partial charge in [-0.15, -0.1) is 0 Å². The molecule has 1 amide bonds. The summed E-state index contributed by atoms with van der Waals surface area (Å²) in [5.74, 6) is -2.72. The van der Waals surface area contributed by atoms with Crippen molar-refractivity contribution < 1.29 is 36.3 Å². The third-order valence-electron chi connectivity index (χ3n) is 4.95. The number of fused-ring (bicyclic) bond motifs is 1. The summed E-state index contributed by atoms with van der Waals surface area (Å²) in [7, 11) is -1.79. The zero-order valence-electron chi connectivity index (χ0n) is 18.9. The molecule has 0 bridgehead atoms. The molecule has 0 saturated carbocycles. The fourth-order valence-corrected chi connectivity index (χ4v) is 4.16. The van der Waals surface area contributed by atoms with Crippen molar-refractivity contribution in [2.24, 2.45) is 0 Å². The van der Waals surface area contributed by atoms with Gasteiger partial charge in [-0.3, -0.25) is 9.63 Å². The minimum atomic E-state index is -4.25. The molecule has 0 aliphatic rings. The summed E-state index contributed by atoms with van der Waals surface area (Å²) >= 11 is 0. The highest BCUT2D eigenvalue weighted by Gasteiger charge is 2.22. The van der Waals surface area contributed by atoms with Gasteiger partial charge in [0.05, 0.1) is 19.7 Å². The van der Waals surface area contributed by atoms with Crippen LogP contribution in [-0.4, -0.2) is 33.5 Å². The molecular weight excluding hydrogens is 496 g/mol. The minimum Gasteiger partial charge on any atom is -0.497 e. The first kappa shape index (κ1) is 25.0. The van der Waals surface area contributed by atoms with Crippen molar-refractivity contribution in [2.75, 3.05) is 19.5 Å². The summed E-state index contributed by atoms with van der Waals surface area (Å²) in [6, 6.07) is 15.3. The number of nitrogens with one attached hydrogen (secondary N) is 2. The van der Waals surface area contributed by atoms with Gasteiger partial charge in [0.1, 0.15) is 22.0 Å². The number of carbonyl (C=O) groups excluding carboxylic acids is 1. The lowest BCUT2D eigenvalue weighted by Gasteiger charge is -2.13. The Labute approximate surface area is 204 Å². The van der Waals surface area contributed by atoms with Gasteiger partial charge in [0.15, 0.2) is 11.6 Å². The van der Waals surface area contributed by atoms with Gasteiger partial charge in [-0.2, -0.15) is 0 Å². The highest BCUT2D eigenvalue weighted by molar-refractivity contribution is 7.89. The number of pyridine rings is 1. The second-order valence-electron chi connectivity index (χ2n) is 7.32. The second kappa shape index (κ2) is 10.2. The highest BCUT2D eigenvalue weighted by Crippen LogP contribution is 2.31. The van der Waals surface area contributed by atoms with Gasteiger partial charge in [-0.25, -0.2) is 22.2 Å². The number of rotatable bonds is 8. The summed E-state index contributed by atoms with van der Waals surface area (Å²) in [4.78, 5) is 22.9. The van der Waals surface area contributed by atoms with Crippen LogP contribution in [0.25, 0.3) is 10.9 Å². The number of para-hydroxylation sites is 1. The number of amides is 1. The number of anilines is 1. The Morgan fingerprint density at radius 1 is 0.944 bits per heavy atom. The van der Waals surface area contributed by atoms with E-state index in [1.54, 1.807) is 29.2 Å². The Morgan fingerprint density at radius 3 is 2.42 bits per heavy atom. The molecule has 1 aromatic heterocycles. The topological polar surface area (TPSA) is 116 Å². The molecule has 9 nitrogen and oxygen atoms in total. The number of ether oxygens (including phenoxy) is 2. The fourth-order valence-electron chi connectivity index (χ4n) is 3.28. The normalized spacial score (nSPS) is 11.3. The number of hydrogen-bond acceptors (Lipinski definition) is 7. The zero-order chi connectivity index (χ0) is 25.9. The molecule has 3 aromatic carbocycles. The first-order valence-corrected chi connectivity index (χ1v) is 11.8. The Hall–Kier alpha value is -4.13. The minimum absolute atomic E-state index is 0.0383. The van der Waals surface area contributed by atoms with E-state index >= 15 is 0 Å². The fraction of sp³-hybridized carbons (Fsp3) is 0.0833. The van der Waals surface area contributed by atoms with Gasteiger partial charge in [-0.1, -0.05) is 23.1 Å². The molecule has 0 atom stereocenters. The Morgan fingerprint density at radius 2 is 1.72 bits per heavy atom. The van der Waals surface area contributed by atoms with Crippen LogP contribution in [-0.2, 0) is 14.9 Å². The SMILES string of the molecule is CONS(=O)(=O)c1ccc(NC(=O)c2cc3ccccc3nc2Oc2ccc(OC)cc2F)cc1F. The number of hydrogen-bond donors (Lipinski definition) is 2. The van der Waals surface area contributed by atoms with Crippen molar-refractivity contribution in [1.29, 1.82) is 0 Å². The van der Waals surface area contributed by atoms with E-state index in [0.717, 1.165) is 25.3 Å². The molecule has 0 spiro atoms. The number of methoxy groups -OCH3 is 1. The first-order chi connectivity index (χ1) is 17.2. The molecule has 12 heteroatoms. The maximum absolute atomic E-state index is 14.5. The number of nitrogens with zero attached hydrogens (tertiary/aromatic N) is 1. The van der Waals surface area contributed by atoms with Crippen molar-refractivity contribution in [3.05, 3.63) is 83.9 Å². The van der Waals surface area contributed by atoms with E-state index < -0.39 is 32.5 Å². The van der Waals surface area contributed by atoms with Gasteiger partial charge in [-0.05, 0) is 42.5 Å². The van der Waals surface area contributed by atoms with Crippen LogP contribution in [0.4, 0.5) is 14.5 Å². The van der Waals surface area contributed by atoms with Crippen LogP contribution in [0.1, 0.15) is 10.4 Å². The molecule has 2 N–H and O–H groups in total. The lowest BCUT2D eigenvalue weighted by molar-refractivity contribution is 0.102. The number of benzene rings is 3. The molecule has 0 radical (unpaired) electrons. The van der Waals surface area contributed by atoms with Crippen LogP contribution < -0.4 is 19.7 Å². The molecular formula is C24H19F2N3O6S. The van der Waals surface area contributed by atoms with E-state index in [0.29, 0.717) is 10.9 Å². The maximum Gasteiger partial charge on any atom is 0.265 e. The standard InChI is InChI=1S/C24H19F2N3O6S/c1-33-16-8-9-21(18(25)13-16)35-24-17(11-14-5-3-4-6-20(14)28-24)23(30)27-15-7-10-22(19(26)12-15)36(31,32)29-34-2/h3-13,29H,1-2H3,(H,27,30).